The van der Waals surface area contributed by atoms with E-state index in [9.17, 15) is 9.90 Å². The maximum Gasteiger partial charge on any atom is 0.303 e. The number of phenols is 1. The predicted octanol–water partition coefficient (Wildman–Crippen LogP) is 2.76. The van der Waals surface area contributed by atoms with Crippen molar-refractivity contribution in [1.82, 2.24) is 0 Å². The lowest BCUT2D eigenvalue weighted by molar-refractivity contribution is -0.137. The van der Waals surface area contributed by atoms with Gasteiger partial charge in [-0.3, -0.25) is 4.79 Å². The summed E-state index contributed by atoms with van der Waals surface area (Å²) >= 11 is 5.84. The lowest BCUT2D eigenvalue weighted by atomic mass is 10.0. The van der Waals surface area contributed by atoms with Crippen molar-refractivity contribution >= 4 is 17.6 Å². The summed E-state index contributed by atoms with van der Waals surface area (Å²) in [7, 11) is 0. The van der Waals surface area contributed by atoms with Gasteiger partial charge in [0, 0.05) is 11.4 Å². The van der Waals surface area contributed by atoms with Gasteiger partial charge in [-0.05, 0) is 43.0 Å². The number of aryl methyl sites for hydroxylation is 2. The monoisotopic (exact) mass is 228 g/mol. The molecule has 0 saturated carbocycles. The van der Waals surface area contributed by atoms with Crippen molar-refractivity contribution in [3.05, 3.63) is 28.3 Å². The summed E-state index contributed by atoms with van der Waals surface area (Å²) in [6.45, 7) is 1.77. The first-order valence-corrected chi connectivity index (χ1v) is 5.08. The quantitative estimate of drug-likeness (QED) is 0.833. The van der Waals surface area contributed by atoms with Gasteiger partial charge in [0.25, 0.3) is 0 Å². The van der Waals surface area contributed by atoms with Gasteiger partial charge in [-0.2, -0.15) is 0 Å². The predicted molar refractivity (Wildman–Crippen MR) is 58.4 cm³/mol. The maximum atomic E-state index is 10.3. The highest BCUT2D eigenvalue weighted by Crippen LogP contribution is 2.27. The van der Waals surface area contributed by atoms with Gasteiger partial charge in [-0.15, -0.1) is 0 Å². The van der Waals surface area contributed by atoms with Crippen LogP contribution in [0.15, 0.2) is 12.1 Å². The number of hydrogen-bond acceptors (Lipinski definition) is 2. The number of aromatic hydroxyl groups is 1. The fourth-order valence-electron chi connectivity index (χ4n) is 1.43. The van der Waals surface area contributed by atoms with Crippen LogP contribution in [0, 0.1) is 6.92 Å². The van der Waals surface area contributed by atoms with E-state index in [1.165, 1.54) is 0 Å². The molecule has 3 nitrogen and oxygen atoms in total. The number of aliphatic carboxylic acids is 1. The number of carboxylic acids is 1. The Kier molecular flexibility index (Phi) is 3.97. The Bertz CT molecular complexity index is 374. The van der Waals surface area contributed by atoms with Crippen LogP contribution >= 0.6 is 11.6 Å². The van der Waals surface area contributed by atoms with E-state index in [1.54, 1.807) is 19.1 Å². The Labute approximate surface area is 93.3 Å². The normalized spacial score (nSPS) is 10.3. The van der Waals surface area contributed by atoms with Gasteiger partial charge in [-0.1, -0.05) is 11.6 Å². The maximum absolute atomic E-state index is 10.3. The average Bonchev–Trinajstić information content (AvgIpc) is 2.12. The Morgan fingerprint density at radius 3 is 2.73 bits per heavy atom. The Morgan fingerprint density at radius 2 is 2.13 bits per heavy atom. The van der Waals surface area contributed by atoms with Crippen molar-refractivity contribution in [2.75, 3.05) is 0 Å². The third-order valence-electron chi connectivity index (χ3n) is 2.18. The number of benzene rings is 1. The summed E-state index contributed by atoms with van der Waals surface area (Å²) in [6.07, 6.45) is 1.13. The molecule has 0 aliphatic carbocycles. The molecule has 0 bridgehead atoms. The molecule has 0 radical (unpaired) electrons. The smallest absolute Gasteiger partial charge is 0.303 e. The molecule has 4 heteroatoms. The topological polar surface area (TPSA) is 57.5 Å². The number of halogens is 1. The zero-order chi connectivity index (χ0) is 11.4. The molecule has 1 rings (SSSR count). The molecule has 0 amide bonds. The van der Waals surface area contributed by atoms with Crippen LogP contribution in [0.4, 0.5) is 0 Å². The molecule has 0 atom stereocenters. The van der Waals surface area contributed by atoms with Gasteiger partial charge in [0.05, 0.1) is 0 Å². The SMILES string of the molecule is Cc1cc(Cl)cc(CCCC(=O)O)c1O. The summed E-state index contributed by atoms with van der Waals surface area (Å²) in [5, 5.41) is 18.7. The summed E-state index contributed by atoms with van der Waals surface area (Å²) in [6, 6.07) is 3.35. The molecular formula is C11H13ClO3. The van der Waals surface area contributed by atoms with Crippen molar-refractivity contribution in [2.24, 2.45) is 0 Å². The Balaban J connectivity index is 2.72. The van der Waals surface area contributed by atoms with Crippen LogP contribution in [-0.4, -0.2) is 16.2 Å². The van der Waals surface area contributed by atoms with Crippen LogP contribution in [0.1, 0.15) is 24.0 Å². The summed E-state index contributed by atoms with van der Waals surface area (Å²) in [5.41, 5.74) is 1.43. The first-order valence-electron chi connectivity index (χ1n) is 4.70. The summed E-state index contributed by atoms with van der Waals surface area (Å²) in [4.78, 5) is 10.3. The van der Waals surface area contributed by atoms with Gasteiger partial charge < -0.3 is 10.2 Å². The van der Waals surface area contributed by atoms with Crippen LogP contribution in [0.5, 0.6) is 5.75 Å². The van der Waals surface area contributed by atoms with Crippen LogP contribution in [0.2, 0.25) is 5.02 Å². The molecule has 0 aliphatic rings. The minimum Gasteiger partial charge on any atom is -0.507 e. The molecule has 0 fully saturated rings. The molecule has 0 unspecified atom stereocenters. The van der Waals surface area contributed by atoms with E-state index in [2.05, 4.69) is 0 Å². The highest BCUT2D eigenvalue weighted by Gasteiger charge is 2.07. The van der Waals surface area contributed by atoms with E-state index in [-0.39, 0.29) is 12.2 Å². The van der Waals surface area contributed by atoms with Gasteiger partial charge in [0.1, 0.15) is 5.75 Å². The van der Waals surface area contributed by atoms with Crippen LogP contribution in [0.3, 0.4) is 0 Å². The molecule has 1 aromatic carbocycles. The molecular weight excluding hydrogens is 216 g/mol. The number of rotatable bonds is 4. The molecule has 0 heterocycles. The van der Waals surface area contributed by atoms with Crippen molar-refractivity contribution in [2.45, 2.75) is 26.2 Å². The third kappa shape index (κ3) is 3.44. The van der Waals surface area contributed by atoms with E-state index < -0.39 is 5.97 Å². The van der Waals surface area contributed by atoms with Gasteiger partial charge in [0.15, 0.2) is 0 Å². The zero-order valence-corrected chi connectivity index (χ0v) is 9.21. The van der Waals surface area contributed by atoms with E-state index in [0.29, 0.717) is 29.0 Å². The first kappa shape index (κ1) is 11.9. The lowest BCUT2D eigenvalue weighted by Crippen LogP contribution is -1.96. The first-order chi connectivity index (χ1) is 7.00. The van der Waals surface area contributed by atoms with E-state index in [4.69, 9.17) is 16.7 Å². The second-order valence-electron chi connectivity index (χ2n) is 3.48. The average molecular weight is 229 g/mol. The van der Waals surface area contributed by atoms with E-state index in [0.717, 1.165) is 0 Å². The number of carbonyl (C=O) groups is 1. The lowest BCUT2D eigenvalue weighted by Gasteiger charge is -2.07. The molecule has 0 aromatic heterocycles. The van der Waals surface area contributed by atoms with Crippen molar-refractivity contribution < 1.29 is 15.0 Å². The highest BCUT2D eigenvalue weighted by atomic mass is 35.5. The number of phenolic OH excluding ortho intramolecular Hbond substituents is 1. The summed E-state index contributed by atoms with van der Waals surface area (Å²) in [5.74, 6) is -0.613. The van der Waals surface area contributed by atoms with Crippen molar-refractivity contribution in [3.63, 3.8) is 0 Å². The minimum atomic E-state index is -0.826. The van der Waals surface area contributed by atoms with Crippen LogP contribution in [-0.2, 0) is 11.2 Å². The van der Waals surface area contributed by atoms with E-state index >= 15 is 0 Å². The zero-order valence-electron chi connectivity index (χ0n) is 8.46. The number of carboxylic acid groups (broad SMARTS) is 1. The molecule has 0 spiro atoms. The van der Waals surface area contributed by atoms with Crippen LogP contribution < -0.4 is 0 Å². The Hall–Kier alpha value is -1.22. The molecule has 1 aromatic rings. The van der Waals surface area contributed by atoms with E-state index in [1.807, 2.05) is 0 Å². The van der Waals surface area contributed by atoms with Gasteiger partial charge >= 0.3 is 5.97 Å². The molecule has 15 heavy (non-hydrogen) atoms. The standard InChI is InChI=1S/C11H13ClO3/c1-7-5-9(12)6-8(11(7)15)3-2-4-10(13)14/h5-6,15H,2-4H2,1H3,(H,13,14). The van der Waals surface area contributed by atoms with Crippen molar-refractivity contribution in [1.29, 1.82) is 0 Å². The number of hydrogen-bond donors (Lipinski definition) is 2. The molecule has 0 aliphatic heterocycles. The van der Waals surface area contributed by atoms with Crippen molar-refractivity contribution in [3.8, 4) is 5.75 Å². The fourth-order valence-corrected chi connectivity index (χ4v) is 1.72. The second-order valence-corrected chi connectivity index (χ2v) is 3.91. The minimum absolute atomic E-state index is 0.102. The van der Waals surface area contributed by atoms with Gasteiger partial charge in [-0.25, -0.2) is 0 Å². The second kappa shape index (κ2) is 5.03. The Morgan fingerprint density at radius 1 is 1.47 bits per heavy atom. The van der Waals surface area contributed by atoms with Crippen LogP contribution in [0.25, 0.3) is 0 Å². The van der Waals surface area contributed by atoms with Gasteiger partial charge in [0.2, 0.25) is 0 Å². The molecule has 82 valence electrons. The third-order valence-corrected chi connectivity index (χ3v) is 2.40. The largest absolute Gasteiger partial charge is 0.507 e. The molecule has 2 N–H and O–H groups in total. The molecule has 0 saturated heterocycles. The fraction of sp³-hybridized carbons (Fsp3) is 0.364. The summed E-state index contributed by atoms with van der Waals surface area (Å²) < 4.78 is 0. The highest BCUT2D eigenvalue weighted by molar-refractivity contribution is 6.30.